The molecule has 6 atom stereocenters. The highest BCUT2D eigenvalue weighted by molar-refractivity contribution is 5.22. The standard InChI is InChI=1S/C24H32O3/c1-17-11-12-21-22(27-16-26-15-18-7-4-3-5-8-18)13-14-24(21,2)23(25)20-10-6-9-19(17)20/h3-9,11,19-23,25H,10,12-16H2,1-2H3/t19-,20-,21-,22+,23-,24+/m1/s1. The van der Waals surface area contributed by atoms with Gasteiger partial charge in [-0.1, -0.05) is 61.1 Å². The molecule has 1 saturated carbocycles. The average Bonchev–Trinajstić information content (AvgIpc) is 3.29. The van der Waals surface area contributed by atoms with Crippen molar-refractivity contribution in [1.82, 2.24) is 0 Å². The summed E-state index contributed by atoms with van der Waals surface area (Å²) in [5, 5.41) is 11.3. The molecule has 1 aromatic carbocycles. The summed E-state index contributed by atoms with van der Waals surface area (Å²) in [7, 11) is 0. The quantitative estimate of drug-likeness (QED) is 0.458. The maximum Gasteiger partial charge on any atom is 0.147 e. The highest BCUT2D eigenvalue weighted by atomic mass is 16.7. The van der Waals surface area contributed by atoms with Crippen molar-refractivity contribution < 1.29 is 14.6 Å². The lowest BCUT2D eigenvalue weighted by atomic mass is 9.64. The van der Waals surface area contributed by atoms with Gasteiger partial charge < -0.3 is 14.6 Å². The summed E-state index contributed by atoms with van der Waals surface area (Å²) in [6.45, 7) is 5.39. The lowest BCUT2D eigenvalue weighted by Gasteiger charge is -2.43. The zero-order valence-corrected chi connectivity index (χ0v) is 16.5. The van der Waals surface area contributed by atoms with E-state index in [1.807, 2.05) is 18.2 Å². The number of aliphatic hydroxyl groups excluding tert-OH is 1. The molecule has 146 valence electrons. The molecule has 3 heteroatoms. The Balaban J connectivity index is 1.40. The van der Waals surface area contributed by atoms with Gasteiger partial charge in [0.2, 0.25) is 0 Å². The summed E-state index contributed by atoms with van der Waals surface area (Å²) in [6.07, 6.45) is 10.8. The van der Waals surface area contributed by atoms with Crippen LogP contribution in [0.1, 0.15) is 45.1 Å². The molecule has 0 unspecified atom stereocenters. The fourth-order valence-electron chi connectivity index (χ4n) is 5.55. The van der Waals surface area contributed by atoms with Crippen molar-refractivity contribution in [1.29, 1.82) is 0 Å². The number of rotatable bonds is 5. The topological polar surface area (TPSA) is 38.7 Å². The van der Waals surface area contributed by atoms with E-state index in [0.29, 0.717) is 31.2 Å². The van der Waals surface area contributed by atoms with E-state index in [9.17, 15) is 5.11 Å². The fourth-order valence-corrected chi connectivity index (χ4v) is 5.55. The van der Waals surface area contributed by atoms with Gasteiger partial charge in [-0.15, -0.1) is 0 Å². The van der Waals surface area contributed by atoms with Crippen LogP contribution >= 0.6 is 0 Å². The van der Waals surface area contributed by atoms with E-state index in [1.165, 1.54) is 5.57 Å². The third-order valence-corrected chi connectivity index (χ3v) is 7.25. The highest BCUT2D eigenvalue weighted by Crippen LogP contribution is 2.54. The van der Waals surface area contributed by atoms with Gasteiger partial charge in [-0.2, -0.15) is 0 Å². The summed E-state index contributed by atoms with van der Waals surface area (Å²) in [6, 6.07) is 10.2. The van der Waals surface area contributed by atoms with E-state index in [-0.39, 0.29) is 17.6 Å². The van der Waals surface area contributed by atoms with Crippen molar-refractivity contribution in [3.05, 3.63) is 59.7 Å². The number of allylic oxidation sites excluding steroid dienone is 4. The third kappa shape index (κ3) is 3.65. The van der Waals surface area contributed by atoms with Crippen LogP contribution in [0.3, 0.4) is 0 Å². The molecule has 3 nitrogen and oxygen atoms in total. The summed E-state index contributed by atoms with van der Waals surface area (Å²) >= 11 is 0. The third-order valence-electron chi connectivity index (χ3n) is 7.25. The lowest BCUT2D eigenvalue weighted by molar-refractivity contribution is -0.124. The SMILES string of the molecule is CC1=CC[C@@H]2[C@@H](OCOCc3ccccc3)CC[C@]2(C)[C@H](O)[C@@H]2CC=C[C@H]12. The van der Waals surface area contributed by atoms with Crippen LogP contribution in [0, 0.1) is 23.2 Å². The second kappa shape index (κ2) is 7.90. The Morgan fingerprint density at radius 1 is 1.19 bits per heavy atom. The van der Waals surface area contributed by atoms with E-state index in [2.05, 4.69) is 44.2 Å². The number of fused-ring (bicyclic) bond motifs is 2. The van der Waals surface area contributed by atoms with Crippen molar-refractivity contribution in [2.75, 3.05) is 6.79 Å². The molecule has 0 radical (unpaired) electrons. The Hall–Kier alpha value is -1.42. The Kier molecular flexibility index (Phi) is 5.54. The van der Waals surface area contributed by atoms with Crippen LogP contribution in [0.15, 0.2) is 54.1 Å². The summed E-state index contributed by atoms with van der Waals surface area (Å²) in [5.41, 5.74) is 2.49. The van der Waals surface area contributed by atoms with E-state index in [1.54, 1.807) is 0 Å². The molecular formula is C24H32O3. The van der Waals surface area contributed by atoms with Crippen LogP contribution in [0.2, 0.25) is 0 Å². The molecule has 3 aliphatic carbocycles. The number of hydrogen-bond donors (Lipinski definition) is 1. The minimum Gasteiger partial charge on any atom is -0.392 e. The smallest absolute Gasteiger partial charge is 0.147 e. The van der Waals surface area contributed by atoms with E-state index in [0.717, 1.165) is 31.2 Å². The second-order valence-electron chi connectivity index (χ2n) is 8.79. The van der Waals surface area contributed by atoms with Crippen molar-refractivity contribution in [2.45, 2.75) is 58.3 Å². The first-order chi connectivity index (χ1) is 13.1. The number of benzene rings is 1. The first-order valence-corrected chi connectivity index (χ1v) is 10.3. The zero-order chi connectivity index (χ0) is 18.9. The van der Waals surface area contributed by atoms with Gasteiger partial charge in [-0.25, -0.2) is 0 Å². The molecule has 0 aliphatic heterocycles. The molecule has 4 rings (SSSR count). The molecule has 27 heavy (non-hydrogen) atoms. The van der Waals surface area contributed by atoms with Crippen LogP contribution in [-0.4, -0.2) is 24.1 Å². The van der Waals surface area contributed by atoms with Crippen LogP contribution in [-0.2, 0) is 16.1 Å². The average molecular weight is 369 g/mol. The van der Waals surface area contributed by atoms with Crippen molar-refractivity contribution in [2.24, 2.45) is 23.2 Å². The Labute approximate surface area is 163 Å². The molecule has 3 aliphatic rings. The lowest BCUT2D eigenvalue weighted by Crippen LogP contribution is -2.45. The molecule has 1 N–H and O–H groups in total. The largest absolute Gasteiger partial charge is 0.392 e. The minimum absolute atomic E-state index is 0.0732. The first kappa shape index (κ1) is 18.9. The maximum absolute atomic E-state index is 11.3. The van der Waals surface area contributed by atoms with Gasteiger partial charge in [0.05, 0.1) is 18.8 Å². The molecule has 0 bridgehead atoms. The zero-order valence-electron chi connectivity index (χ0n) is 16.5. The predicted octanol–water partition coefficient (Wildman–Crippen LogP) is 4.87. The van der Waals surface area contributed by atoms with Gasteiger partial charge in [-0.3, -0.25) is 0 Å². The Morgan fingerprint density at radius 2 is 2.00 bits per heavy atom. The predicted molar refractivity (Wildman–Crippen MR) is 107 cm³/mol. The van der Waals surface area contributed by atoms with E-state index in [4.69, 9.17) is 9.47 Å². The van der Waals surface area contributed by atoms with Gasteiger partial charge in [0.1, 0.15) is 6.79 Å². The van der Waals surface area contributed by atoms with Crippen molar-refractivity contribution in [3.8, 4) is 0 Å². The summed E-state index contributed by atoms with van der Waals surface area (Å²) in [4.78, 5) is 0. The van der Waals surface area contributed by atoms with Crippen LogP contribution in [0.4, 0.5) is 0 Å². The molecule has 0 aromatic heterocycles. The second-order valence-corrected chi connectivity index (χ2v) is 8.79. The molecule has 0 heterocycles. The van der Waals surface area contributed by atoms with Gasteiger partial charge in [0, 0.05) is 5.92 Å². The number of hydrogen-bond acceptors (Lipinski definition) is 3. The van der Waals surface area contributed by atoms with Crippen LogP contribution in [0.25, 0.3) is 0 Å². The molecule has 1 fully saturated rings. The Morgan fingerprint density at radius 3 is 2.81 bits per heavy atom. The van der Waals surface area contributed by atoms with Gasteiger partial charge in [-0.05, 0) is 55.4 Å². The summed E-state index contributed by atoms with van der Waals surface area (Å²) < 4.78 is 11.9. The normalized spacial score (nSPS) is 38.0. The number of ether oxygens (including phenoxy) is 2. The minimum atomic E-state index is -0.273. The van der Waals surface area contributed by atoms with Gasteiger partial charge >= 0.3 is 0 Å². The molecule has 0 spiro atoms. The van der Waals surface area contributed by atoms with E-state index >= 15 is 0 Å². The van der Waals surface area contributed by atoms with Gasteiger partial charge in [0.15, 0.2) is 0 Å². The molecule has 0 amide bonds. The van der Waals surface area contributed by atoms with Crippen LogP contribution < -0.4 is 0 Å². The van der Waals surface area contributed by atoms with Gasteiger partial charge in [0.25, 0.3) is 0 Å². The van der Waals surface area contributed by atoms with Crippen LogP contribution in [0.5, 0.6) is 0 Å². The molecule has 1 aromatic rings. The Bertz CT molecular complexity index is 695. The molecule has 0 saturated heterocycles. The number of aliphatic hydroxyl groups is 1. The van der Waals surface area contributed by atoms with E-state index < -0.39 is 0 Å². The monoisotopic (exact) mass is 368 g/mol. The maximum atomic E-state index is 11.3. The molecular weight excluding hydrogens is 336 g/mol. The fraction of sp³-hybridized carbons (Fsp3) is 0.583. The summed E-state index contributed by atoms with van der Waals surface area (Å²) in [5.74, 6) is 1.08. The van der Waals surface area contributed by atoms with Crippen molar-refractivity contribution >= 4 is 0 Å². The van der Waals surface area contributed by atoms with Crippen molar-refractivity contribution in [3.63, 3.8) is 0 Å². The first-order valence-electron chi connectivity index (χ1n) is 10.3. The highest BCUT2D eigenvalue weighted by Gasteiger charge is 2.53.